The van der Waals surface area contributed by atoms with E-state index >= 15 is 0 Å². The van der Waals surface area contributed by atoms with Crippen LogP contribution in [0, 0.1) is 5.82 Å². The van der Waals surface area contributed by atoms with Gasteiger partial charge in [-0.05, 0) is 51.1 Å². The first-order valence-corrected chi connectivity index (χ1v) is 13.5. The Hall–Kier alpha value is -2.87. The van der Waals surface area contributed by atoms with Gasteiger partial charge in [-0.25, -0.2) is 40.4 Å². The number of hydrogen-bond donors (Lipinski definition) is 2. The molecule has 10 nitrogen and oxygen atoms in total. The summed E-state index contributed by atoms with van der Waals surface area (Å²) in [6.07, 6.45) is 3.09. The number of nitrogens with one attached hydrogen (secondary N) is 2. The van der Waals surface area contributed by atoms with E-state index in [0.29, 0.717) is 22.0 Å². The van der Waals surface area contributed by atoms with E-state index in [9.17, 15) is 26.0 Å². The molecule has 34 heavy (non-hydrogen) atoms. The summed E-state index contributed by atoms with van der Waals surface area (Å²) in [6.45, 7) is 4.87. The third kappa shape index (κ3) is 6.38. The van der Waals surface area contributed by atoms with Gasteiger partial charge in [-0.3, -0.25) is 4.57 Å². The summed E-state index contributed by atoms with van der Waals surface area (Å²) < 4.78 is 71.9. The van der Waals surface area contributed by atoms with E-state index in [1.807, 2.05) is 0 Å². The molecule has 1 aromatic carbocycles. The molecule has 0 aliphatic rings. The topological polar surface area (TPSA) is 136 Å². The summed E-state index contributed by atoms with van der Waals surface area (Å²) >= 11 is 0. The molecule has 13 heteroatoms. The van der Waals surface area contributed by atoms with Gasteiger partial charge in [0.25, 0.3) is 10.0 Å². The number of aromatic nitrogens is 2. The molecule has 2 heterocycles. The molecule has 0 atom stereocenters. The fourth-order valence-electron chi connectivity index (χ4n) is 3.09. The van der Waals surface area contributed by atoms with E-state index in [2.05, 4.69) is 14.4 Å². The van der Waals surface area contributed by atoms with E-state index in [4.69, 9.17) is 4.74 Å². The molecule has 2 aromatic heterocycles. The Morgan fingerprint density at radius 2 is 1.76 bits per heavy atom. The van der Waals surface area contributed by atoms with Crippen LogP contribution in [-0.2, 0) is 24.8 Å². The van der Waals surface area contributed by atoms with Crippen LogP contribution in [0.3, 0.4) is 0 Å². The highest BCUT2D eigenvalue weighted by Crippen LogP contribution is 2.32. The van der Waals surface area contributed by atoms with Gasteiger partial charge in [-0.1, -0.05) is 0 Å². The molecule has 0 aliphatic heterocycles. The second-order valence-corrected chi connectivity index (χ2v) is 12.1. The first-order chi connectivity index (χ1) is 15.7. The zero-order chi connectivity index (χ0) is 25.3. The Kier molecular flexibility index (Phi) is 7.12. The van der Waals surface area contributed by atoms with Gasteiger partial charge < -0.3 is 4.74 Å². The van der Waals surface area contributed by atoms with Gasteiger partial charge in [0.15, 0.2) is 5.03 Å². The van der Waals surface area contributed by atoms with Gasteiger partial charge in [0.05, 0.1) is 11.8 Å². The van der Waals surface area contributed by atoms with Gasteiger partial charge >= 0.3 is 6.09 Å². The number of halogens is 1. The van der Waals surface area contributed by atoms with Crippen molar-refractivity contribution in [2.45, 2.75) is 31.4 Å². The molecule has 0 fully saturated rings. The highest BCUT2D eigenvalue weighted by molar-refractivity contribution is 7.89. The lowest BCUT2D eigenvalue weighted by Crippen LogP contribution is -2.34. The first-order valence-electron chi connectivity index (χ1n) is 10.1. The summed E-state index contributed by atoms with van der Waals surface area (Å²) in [7, 11) is -7.42. The fraction of sp³-hybridized carbons (Fsp3) is 0.333. The first kappa shape index (κ1) is 25.7. The Morgan fingerprint density at radius 1 is 1.09 bits per heavy atom. The summed E-state index contributed by atoms with van der Waals surface area (Å²) in [5.74, 6) is -0.530. The van der Waals surface area contributed by atoms with E-state index in [1.165, 1.54) is 47.3 Å². The number of carbonyl (C=O) groups is 1. The second kappa shape index (κ2) is 9.41. The number of fused-ring (bicyclic) bond motifs is 1. The molecule has 0 spiro atoms. The lowest BCUT2D eigenvalue weighted by Gasteiger charge is -2.19. The van der Waals surface area contributed by atoms with Crippen molar-refractivity contribution in [1.82, 2.24) is 19.0 Å². The van der Waals surface area contributed by atoms with Crippen LogP contribution in [0.1, 0.15) is 20.8 Å². The van der Waals surface area contributed by atoms with Crippen LogP contribution >= 0.6 is 0 Å². The Bertz CT molecular complexity index is 1430. The molecule has 0 aliphatic carbocycles. The maximum absolute atomic E-state index is 13.9. The molecule has 0 amide bonds. The third-order valence-electron chi connectivity index (χ3n) is 4.46. The maximum Gasteiger partial charge on any atom is 0.419 e. The molecule has 0 bridgehead atoms. The van der Waals surface area contributed by atoms with Gasteiger partial charge in [0.2, 0.25) is 10.0 Å². The summed E-state index contributed by atoms with van der Waals surface area (Å²) in [6, 6.07) is 6.77. The van der Waals surface area contributed by atoms with Crippen molar-refractivity contribution in [3.63, 3.8) is 0 Å². The van der Waals surface area contributed by atoms with Crippen molar-refractivity contribution in [2.75, 3.05) is 19.3 Å². The number of pyridine rings is 1. The van der Waals surface area contributed by atoms with Crippen molar-refractivity contribution < 1.29 is 30.8 Å². The minimum absolute atomic E-state index is 0.114. The van der Waals surface area contributed by atoms with Crippen molar-refractivity contribution >= 4 is 37.0 Å². The summed E-state index contributed by atoms with van der Waals surface area (Å²) in [5.41, 5.74) is 0.558. The Labute approximate surface area is 197 Å². The maximum atomic E-state index is 13.9. The average Bonchev–Trinajstić information content (AvgIpc) is 3.08. The van der Waals surface area contributed by atoms with Gasteiger partial charge in [-0.2, -0.15) is 0 Å². The molecule has 3 rings (SSSR count). The molecule has 0 saturated heterocycles. The quantitative estimate of drug-likeness (QED) is 0.464. The van der Waals surface area contributed by atoms with Crippen LogP contribution in [0.2, 0.25) is 0 Å². The van der Waals surface area contributed by atoms with E-state index < -0.39 is 37.6 Å². The molecular weight excluding hydrogens is 487 g/mol. The number of benzene rings is 1. The predicted octanol–water partition coefficient (Wildman–Crippen LogP) is 2.45. The molecular formula is C21H25FN4O6S2. The smallest absolute Gasteiger partial charge is 0.419 e. The lowest BCUT2D eigenvalue weighted by atomic mass is 10.1. The number of carbonyl (C=O) groups excluding carboxylic acids is 1. The van der Waals surface area contributed by atoms with Crippen LogP contribution in [0.4, 0.5) is 9.18 Å². The monoisotopic (exact) mass is 512 g/mol. The molecule has 0 radical (unpaired) electrons. The summed E-state index contributed by atoms with van der Waals surface area (Å²) in [5, 5.41) is 0.284. The lowest BCUT2D eigenvalue weighted by molar-refractivity contribution is 0.0544. The number of rotatable bonds is 7. The third-order valence-corrected chi connectivity index (χ3v) is 6.57. The van der Waals surface area contributed by atoms with Crippen molar-refractivity contribution in [1.29, 1.82) is 0 Å². The highest BCUT2D eigenvalue weighted by atomic mass is 32.2. The zero-order valence-electron chi connectivity index (χ0n) is 19.0. The second-order valence-electron chi connectivity index (χ2n) is 8.50. The number of ether oxygens (including phenoxy) is 1. The van der Waals surface area contributed by atoms with Crippen LogP contribution in [-0.4, -0.2) is 57.4 Å². The molecule has 2 N–H and O–H groups in total. The number of nitrogens with zero attached hydrogens (tertiary/aromatic N) is 2. The zero-order valence-corrected chi connectivity index (χ0v) is 20.6. The fourth-order valence-corrected chi connectivity index (χ4v) is 4.52. The van der Waals surface area contributed by atoms with Crippen LogP contribution in [0.5, 0.6) is 0 Å². The Morgan fingerprint density at radius 3 is 2.35 bits per heavy atom. The SMILES string of the molecule is CC(C)(C)OC(=O)n1cc(-c2ccc(S(=O)(=O)NCCNS(C)(=O)=O)nc2)c2ccc(F)cc21. The van der Waals surface area contributed by atoms with E-state index in [0.717, 1.165) is 6.26 Å². The standard InChI is InChI=1S/C21H25FN4O6S2/c1-21(2,3)32-20(27)26-13-17(16-7-6-15(22)11-18(16)26)14-5-8-19(23-12-14)34(30,31)25-10-9-24-33(4,28)29/h5-8,11-13,24-25H,9-10H2,1-4H3. The Balaban J connectivity index is 1.90. The van der Waals surface area contributed by atoms with Gasteiger partial charge in [0, 0.05) is 42.0 Å². The van der Waals surface area contributed by atoms with Gasteiger partial charge in [0.1, 0.15) is 11.4 Å². The number of hydrogen-bond acceptors (Lipinski definition) is 7. The van der Waals surface area contributed by atoms with Gasteiger partial charge in [-0.15, -0.1) is 0 Å². The normalized spacial score (nSPS) is 12.7. The molecule has 0 saturated carbocycles. The molecule has 184 valence electrons. The minimum atomic E-state index is -3.98. The van der Waals surface area contributed by atoms with E-state index in [1.54, 1.807) is 20.8 Å². The highest BCUT2D eigenvalue weighted by Gasteiger charge is 2.22. The minimum Gasteiger partial charge on any atom is -0.443 e. The van der Waals surface area contributed by atoms with Crippen molar-refractivity contribution in [3.8, 4) is 11.1 Å². The largest absolute Gasteiger partial charge is 0.443 e. The molecule has 0 unspecified atom stereocenters. The van der Waals surface area contributed by atoms with Crippen LogP contribution in [0.25, 0.3) is 22.0 Å². The van der Waals surface area contributed by atoms with Crippen molar-refractivity contribution in [2.24, 2.45) is 0 Å². The van der Waals surface area contributed by atoms with Crippen LogP contribution in [0.15, 0.2) is 47.8 Å². The predicted molar refractivity (Wildman–Crippen MR) is 125 cm³/mol. The van der Waals surface area contributed by atoms with Crippen LogP contribution < -0.4 is 9.44 Å². The van der Waals surface area contributed by atoms with E-state index in [-0.39, 0.29) is 18.1 Å². The molecule has 3 aromatic rings. The number of sulfonamides is 2. The van der Waals surface area contributed by atoms with Crippen molar-refractivity contribution in [3.05, 3.63) is 48.5 Å². The average molecular weight is 513 g/mol. The summed E-state index contributed by atoms with van der Waals surface area (Å²) in [4.78, 5) is 16.7.